The van der Waals surface area contributed by atoms with E-state index < -0.39 is 38.5 Å². The molecule has 3 saturated heterocycles. The van der Waals surface area contributed by atoms with Gasteiger partial charge in [0.15, 0.2) is 12.6 Å². The minimum atomic E-state index is -3.24. The SMILES string of the molecule is CCOP(=O)(CN1CCOCCO[C@@H]2[C@@H](OCCOCC1)[C@@H](OC)O[C@@H]1COC(c3ccccc3)O[C@@H]21)OCC. The van der Waals surface area contributed by atoms with Crippen LogP contribution < -0.4 is 0 Å². The summed E-state index contributed by atoms with van der Waals surface area (Å²) in [7, 11) is -1.67. The number of ether oxygens (including phenoxy) is 8. The maximum Gasteiger partial charge on any atom is 0.344 e. The predicted octanol–water partition coefficient (Wildman–Crippen LogP) is 2.81. The second kappa shape index (κ2) is 16.6. The van der Waals surface area contributed by atoms with Crippen molar-refractivity contribution in [1.29, 1.82) is 0 Å². The Hall–Kier alpha value is -0.990. The lowest BCUT2D eigenvalue weighted by Crippen LogP contribution is -2.63. The van der Waals surface area contributed by atoms with Crippen molar-refractivity contribution in [1.82, 2.24) is 4.90 Å². The number of benzene rings is 1. The maximum atomic E-state index is 13.1. The van der Waals surface area contributed by atoms with E-state index >= 15 is 0 Å². The number of fused-ring (bicyclic) bond motifs is 3. The topological polar surface area (TPSA) is 113 Å². The van der Waals surface area contributed by atoms with Gasteiger partial charge in [-0.15, -0.1) is 0 Å². The van der Waals surface area contributed by atoms with Crippen molar-refractivity contribution in [2.75, 3.05) is 85.9 Å². The maximum absolute atomic E-state index is 13.1. The first kappa shape index (κ1) is 31.9. The number of rotatable bonds is 8. The van der Waals surface area contributed by atoms with Crippen LogP contribution in [0.3, 0.4) is 0 Å². The molecule has 1 unspecified atom stereocenters. The Morgan fingerprint density at radius 1 is 0.825 bits per heavy atom. The van der Waals surface area contributed by atoms with Gasteiger partial charge in [0.05, 0.1) is 59.5 Å². The Balaban J connectivity index is 1.40. The Kier molecular flexibility index (Phi) is 13.2. The van der Waals surface area contributed by atoms with Crippen LogP contribution >= 0.6 is 7.60 Å². The predicted molar refractivity (Wildman–Crippen MR) is 144 cm³/mol. The first-order chi connectivity index (χ1) is 19.6. The third kappa shape index (κ3) is 9.00. The Labute approximate surface area is 236 Å². The highest BCUT2D eigenvalue weighted by Crippen LogP contribution is 2.48. The molecule has 6 atom stereocenters. The number of nitrogens with zero attached hydrogens (tertiary/aromatic N) is 1. The van der Waals surface area contributed by atoms with Crippen LogP contribution in [0.4, 0.5) is 0 Å². The summed E-state index contributed by atoms with van der Waals surface area (Å²) >= 11 is 0. The molecule has 0 aromatic heterocycles. The van der Waals surface area contributed by atoms with E-state index in [4.69, 9.17) is 46.9 Å². The molecule has 40 heavy (non-hydrogen) atoms. The molecule has 0 bridgehead atoms. The largest absolute Gasteiger partial charge is 0.378 e. The summed E-state index contributed by atoms with van der Waals surface area (Å²) in [5.74, 6) is 0. The standard InChI is InChI=1S/C27H44NO11P/c1-4-36-40(29,37-5-2)20-28-11-13-31-15-17-33-24-23-22(19-35-26(39-23)21-9-7-6-8-10-21)38-27(30-3)25(24)34-18-16-32-14-12-28/h6-10,22-27H,4-5,11-20H2,1-3H3/t22-,23-,24+,25-,26?,27+/m1/s1. The second-order valence-electron chi connectivity index (χ2n) is 9.56. The Bertz CT molecular complexity index is 886. The van der Waals surface area contributed by atoms with Crippen LogP contribution in [0, 0.1) is 0 Å². The van der Waals surface area contributed by atoms with Crippen LogP contribution in [0.1, 0.15) is 25.7 Å². The van der Waals surface area contributed by atoms with Gasteiger partial charge >= 0.3 is 7.60 Å². The van der Waals surface area contributed by atoms with E-state index in [-0.39, 0.29) is 12.4 Å². The first-order valence-electron chi connectivity index (χ1n) is 14.1. The van der Waals surface area contributed by atoms with Crippen molar-refractivity contribution in [2.45, 2.75) is 50.8 Å². The van der Waals surface area contributed by atoms with Gasteiger partial charge in [-0.1, -0.05) is 30.3 Å². The Morgan fingerprint density at radius 3 is 2.10 bits per heavy atom. The van der Waals surface area contributed by atoms with Crippen molar-refractivity contribution >= 4 is 7.60 Å². The highest BCUT2D eigenvalue weighted by atomic mass is 31.2. The fraction of sp³-hybridized carbons (Fsp3) is 0.778. The molecule has 3 heterocycles. The molecule has 228 valence electrons. The molecule has 0 N–H and O–H groups in total. The van der Waals surface area contributed by atoms with Crippen molar-refractivity contribution in [3.63, 3.8) is 0 Å². The highest BCUT2D eigenvalue weighted by Gasteiger charge is 2.51. The Morgan fingerprint density at radius 2 is 1.48 bits per heavy atom. The van der Waals surface area contributed by atoms with E-state index in [1.54, 1.807) is 21.0 Å². The fourth-order valence-electron chi connectivity index (χ4n) is 4.97. The lowest BCUT2D eigenvalue weighted by molar-refractivity contribution is -0.368. The summed E-state index contributed by atoms with van der Waals surface area (Å²) in [6.45, 7) is 7.80. The van der Waals surface area contributed by atoms with Gasteiger partial charge in [-0.3, -0.25) is 9.46 Å². The molecule has 1 aromatic carbocycles. The molecule has 0 amide bonds. The van der Waals surface area contributed by atoms with Crippen molar-refractivity contribution < 1.29 is 51.5 Å². The van der Waals surface area contributed by atoms with Gasteiger partial charge in [0.25, 0.3) is 0 Å². The van der Waals surface area contributed by atoms with Crippen molar-refractivity contribution in [3.8, 4) is 0 Å². The summed E-state index contributed by atoms with van der Waals surface area (Å²) < 4.78 is 72.5. The summed E-state index contributed by atoms with van der Waals surface area (Å²) in [5.41, 5.74) is 0.920. The van der Waals surface area contributed by atoms with Crippen molar-refractivity contribution in [2.24, 2.45) is 0 Å². The van der Waals surface area contributed by atoms with Gasteiger partial charge in [-0.05, 0) is 13.8 Å². The lowest BCUT2D eigenvalue weighted by Gasteiger charge is -2.48. The summed E-state index contributed by atoms with van der Waals surface area (Å²) in [6.07, 6.45) is -2.88. The van der Waals surface area contributed by atoms with Crippen LogP contribution in [0.2, 0.25) is 0 Å². The van der Waals surface area contributed by atoms with Gasteiger partial charge in [0.2, 0.25) is 0 Å². The molecule has 13 heteroatoms. The van der Waals surface area contributed by atoms with Crippen LogP contribution in [0.5, 0.6) is 0 Å². The minimum Gasteiger partial charge on any atom is -0.378 e. The monoisotopic (exact) mass is 589 g/mol. The molecule has 0 saturated carbocycles. The first-order valence-corrected chi connectivity index (χ1v) is 15.8. The van der Waals surface area contributed by atoms with Crippen LogP contribution in [-0.4, -0.2) is 122 Å². The second-order valence-corrected chi connectivity index (χ2v) is 11.6. The molecule has 0 aliphatic carbocycles. The average Bonchev–Trinajstić information content (AvgIpc) is 2.97. The molecule has 3 fully saturated rings. The molecular formula is C27H44NO11P. The molecule has 4 rings (SSSR count). The summed E-state index contributed by atoms with van der Waals surface area (Å²) in [5, 5.41) is 0. The molecule has 12 nitrogen and oxygen atoms in total. The smallest absolute Gasteiger partial charge is 0.344 e. The number of hydrogen-bond donors (Lipinski definition) is 0. The summed E-state index contributed by atoms with van der Waals surface area (Å²) in [6, 6.07) is 9.78. The van der Waals surface area contributed by atoms with E-state index in [0.717, 1.165) is 5.56 Å². The van der Waals surface area contributed by atoms with E-state index in [1.807, 2.05) is 35.2 Å². The molecular weight excluding hydrogens is 545 g/mol. The van der Waals surface area contributed by atoms with Gasteiger partial charge in [-0.25, -0.2) is 0 Å². The van der Waals surface area contributed by atoms with E-state index in [9.17, 15) is 4.57 Å². The van der Waals surface area contributed by atoms with Gasteiger partial charge in [-0.2, -0.15) is 0 Å². The van der Waals surface area contributed by atoms with Crippen LogP contribution in [0.15, 0.2) is 30.3 Å². The van der Waals surface area contributed by atoms with Gasteiger partial charge < -0.3 is 46.9 Å². The lowest BCUT2D eigenvalue weighted by atomic mass is 9.97. The average molecular weight is 590 g/mol. The number of methoxy groups -OCH3 is 1. The molecule has 0 spiro atoms. The zero-order valence-corrected chi connectivity index (χ0v) is 24.6. The number of hydrogen-bond acceptors (Lipinski definition) is 12. The third-order valence-electron chi connectivity index (χ3n) is 6.79. The third-order valence-corrected chi connectivity index (χ3v) is 8.84. The minimum absolute atomic E-state index is 0.163. The molecule has 1 aromatic rings. The van der Waals surface area contributed by atoms with E-state index in [2.05, 4.69) is 0 Å². The zero-order valence-electron chi connectivity index (χ0n) is 23.7. The van der Waals surface area contributed by atoms with Crippen LogP contribution in [-0.2, 0) is 51.5 Å². The van der Waals surface area contributed by atoms with E-state index in [1.165, 1.54) is 0 Å². The normalized spacial score (nSPS) is 31.9. The van der Waals surface area contributed by atoms with Gasteiger partial charge in [0.1, 0.15) is 30.7 Å². The molecule has 3 aliphatic rings. The van der Waals surface area contributed by atoms with E-state index in [0.29, 0.717) is 72.6 Å². The molecule has 3 aliphatic heterocycles. The fourth-order valence-corrected chi connectivity index (χ4v) is 6.77. The summed E-state index contributed by atoms with van der Waals surface area (Å²) in [4.78, 5) is 1.98. The van der Waals surface area contributed by atoms with Crippen molar-refractivity contribution in [3.05, 3.63) is 35.9 Å². The highest BCUT2D eigenvalue weighted by molar-refractivity contribution is 7.53. The van der Waals surface area contributed by atoms with Crippen LogP contribution in [0.25, 0.3) is 0 Å². The quantitative estimate of drug-likeness (QED) is 0.416. The zero-order chi connectivity index (χ0) is 28.2. The van der Waals surface area contributed by atoms with Gasteiger partial charge in [0, 0.05) is 25.8 Å². The molecule has 0 radical (unpaired) electrons.